The minimum absolute atomic E-state index is 0.117. The summed E-state index contributed by atoms with van der Waals surface area (Å²) in [6, 6.07) is 11.2. The quantitative estimate of drug-likeness (QED) is 0.0987. The molecule has 51 heavy (non-hydrogen) atoms. The molecule has 2 heterocycles. The molecular weight excluding hydrogens is 650 g/mol. The van der Waals surface area contributed by atoms with Crippen LogP contribution in [0.2, 0.25) is 0 Å². The van der Waals surface area contributed by atoms with Crippen LogP contribution in [0.15, 0.2) is 65.9 Å². The fraction of sp³-hybridized carbons (Fsp3) is 0.575. The van der Waals surface area contributed by atoms with Gasteiger partial charge in [0.25, 0.3) is 0 Å². The van der Waals surface area contributed by atoms with Crippen molar-refractivity contribution in [2.24, 2.45) is 22.9 Å². The van der Waals surface area contributed by atoms with Gasteiger partial charge in [0.05, 0.1) is 31.0 Å². The van der Waals surface area contributed by atoms with E-state index in [1.807, 2.05) is 44.2 Å². The molecule has 3 aliphatic rings. The van der Waals surface area contributed by atoms with Gasteiger partial charge in [0.2, 0.25) is 5.79 Å². The van der Waals surface area contributed by atoms with E-state index in [0.717, 1.165) is 53.9 Å². The van der Waals surface area contributed by atoms with Crippen molar-refractivity contribution in [3.8, 4) is 11.5 Å². The number of carbonyl (C=O) groups excluding carboxylic acids is 1. The van der Waals surface area contributed by atoms with Crippen LogP contribution in [0.1, 0.15) is 81.2 Å². The number of pyridine rings is 1. The standard InChI is InChI=1S/C40H55N3O8/c1-6-19-43(39(46)47-4)36-25-34(42-48-5)32-23-28(14-8-10-20-44)31(16-9-11-21-45)37-33-24-30(49-26-29-15-12-13-27(3)41-29)17-18-35(33)51-40(36,38(32)37)50-22-7-2/h7,12-13,15,17-18,23-24,28,31,36-38,44-45H,2,6,8-11,14,16,19-22,25-26H2,1,3-5H3. The number of amides is 1. The van der Waals surface area contributed by atoms with E-state index in [1.54, 1.807) is 18.1 Å². The molecule has 11 nitrogen and oxygen atoms in total. The molecule has 0 bridgehead atoms. The Kier molecular flexibility index (Phi) is 13.5. The lowest BCUT2D eigenvalue weighted by molar-refractivity contribution is -0.255. The number of benzene rings is 1. The van der Waals surface area contributed by atoms with E-state index in [4.69, 9.17) is 23.8 Å². The highest BCUT2D eigenvalue weighted by atomic mass is 16.7. The van der Waals surface area contributed by atoms with Gasteiger partial charge < -0.3 is 34.0 Å². The molecule has 6 unspecified atom stereocenters. The van der Waals surface area contributed by atoms with Gasteiger partial charge >= 0.3 is 6.09 Å². The summed E-state index contributed by atoms with van der Waals surface area (Å²) in [7, 11) is 2.93. The minimum atomic E-state index is -1.31. The second-order valence-corrected chi connectivity index (χ2v) is 13.7. The second-order valence-electron chi connectivity index (χ2n) is 13.7. The topological polar surface area (TPSA) is 132 Å². The molecule has 2 aliphatic carbocycles. The smallest absolute Gasteiger partial charge is 0.409 e. The number of allylic oxidation sites excluding steroid dienone is 1. The van der Waals surface area contributed by atoms with Gasteiger partial charge in [-0.15, -0.1) is 6.58 Å². The maximum absolute atomic E-state index is 13.6. The van der Waals surface area contributed by atoms with Gasteiger partial charge in [-0.2, -0.15) is 0 Å². The highest BCUT2D eigenvalue weighted by Crippen LogP contribution is 2.62. The van der Waals surface area contributed by atoms with Crippen LogP contribution in [0.3, 0.4) is 0 Å². The molecule has 2 aromatic rings. The van der Waals surface area contributed by atoms with E-state index in [-0.39, 0.29) is 43.5 Å². The van der Waals surface area contributed by atoms with Crippen molar-refractivity contribution in [3.63, 3.8) is 0 Å². The van der Waals surface area contributed by atoms with E-state index in [2.05, 4.69) is 28.9 Å². The van der Waals surface area contributed by atoms with Crippen molar-refractivity contribution in [1.29, 1.82) is 0 Å². The third-order valence-electron chi connectivity index (χ3n) is 10.4. The van der Waals surface area contributed by atoms with Crippen LogP contribution in [-0.2, 0) is 20.9 Å². The Hall–Kier alpha value is -3.93. The van der Waals surface area contributed by atoms with E-state index < -0.39 is 17.9 Å². The number of hydrogen-bond acceptors (Lipinski definition) is 10. The van der Waals surface area contributed by atoms with E-state index in [9.17, 15) is 15.0 Å². The maximum atomic E-state index is 13.6. The third-order valence-corrected chi connectivity index (χ3v) is 10.4. The molecule has 0 spiro atoms. The number of fused-ring (bicyclic) bond motifs is 2. The van der Waals surface area contributed by atoms with Gasteiger partial charge in [-0.25, -0.2) is 4.79 Å². The van der Waals surface area contributed by atoms with Crippen molar-refractivity contribution < 1.29 is 38.8 Å². The normalized spacial score (nSPS) is 25.6. The van der Waals surface area contributed by atoms with Crippen LogP contribution in [0.25, 0.3) is 0 Å². The average molecular weight is 706 g/mol. The average Bonchev–Trinajstić information content (AvgIpc) is 3.14. The molecule has 1 aromatic carbocycles. The number of aliphatic hydroxyl groups is 2. The van der Waals surface area contributed by atoms with Crippen molar-refractivity contribution in [3.05, 3.63) is 77.7 Å². The van der Waals surface area contributed by atoms with Crippen LogP contribution in [0.4, 0.5) is 4.79 Å². The molecule has 11 heteroatoms. The van der Waals surface area contributed by atoms with Crippen molar-refractivity contribution in [1.82, 2.24) is 9.88 Å². The Morgan fingerprint density at radius 1 is 1.14 bits per heavy atom. The minimum Gasteiger partial charge on any atom is -0.487 e. The first-order valence-corrected chi connectivity index (χ1v) is 18.4. The lowest BCUT2D eigenvalue weighted by atomic mass is 9.55. The number of oxime groups is 1. The summed E-state index contributed by atoms with van der Waals surface area (Å²) < 4.78 is 25.8. The first-order valence-electron chi connectivity index (χ1n) is 18.4. The van der Waals surface area contributed by atoms with Gasteiger partial charge in [-0.1, -0.05) is 43.1 Å². The number of aliphatic hydroxyl groups excluding tert-OH is 2. The lowest BCUT2D eigenvalue weighted by Gasteiger charge is -2.59. The summed E-state index contributed by atoms with van der Waals surface area (Å²) >= 11 is 0. The summed E-state index contributed by atoms with van der Waals surface area (Å²) in [6.07, 6.45) is 9.40. The largest absolute Gasteiger partial charge is 0.487 e. The number of ether oxygens (including phenoxy) is 4. The summed E-state index contributed by atoms with van der Waals surface area (Å²) in [4.78, 5) is 25.4. The summed E-state index contributed by atoms with van der Waals surface area (Å²) in [5.41, 5.74) is 4.48. The fourth-order valence-electron chi connectivity index (χ4n) is 8.42. The molecule has 0 radical (unpaired) electrons. The Morgan fingerprint density at radius 2 is 1.92 bits per heavy atom. The highest BCUT2D eigenvalue weighted by molar-refractivity contribution is 6.02. The first-order chi connectivity index (χ1) is 24.8. The first kappa shape index (κ1) is 38.3. The van der Waals surface area contributed by atoms with Gasteiger partial charge in [0.15, 0.2) is 0 Å². The van der Waals surface area contributed by atoms with E-state index in [1.165, 1.54) is 7.11 Å². The van der Waals surface area contributed by atoms with Crippen molar-refractivity contribution in [2.75, 3.05) is 40.6 Å². The zero-order valence-electron chi connectivity index (χ0n) is 30.6. The molecule has 278 valence electrons. The second kappa shape index (κ2) is 18.0. The number of nitrogens with zero attached hydrogens (tertiary/aromatic N) is 3. The van der Waals surface area contributed by atoms with Crippen molar-refractivity contribution >= 4 is 11.8 Å². The predicted molar refractivity (Wildman–Crippen MR) is 195 cm³/mol. The van der Waals surface area contributed by atoms with Gasteiger partial charge in [0.1, 0.15) is 31.3 Å². The third kappa shape index (κ3) is 8.26. The Balaban J connectivity index is 1.73. The molecule has 1 amide bonds. The number of unbranched alkanes of at least 4 members (excludes halogenated alkanes) is 2. The Labute approximate surface area is 302 Å². The molecule has 5 rings (SSSR count). The summed E-state index contributed by atoms with van der Waals surface area (Å²) in [5.74, 6) is -0.210. The van der Waals surface area contributed by atoms with Crippen molar-refractivity contribution in [2.45, 2.75) is 89.6 Å². The molecule has 6 atom stereocenters. The number of aromatic nitrogens is 1. The highest BCUT2D eigenvalue weighted by Gasteiger charge is 2.65. The molecule has 1 aliphatic heterocycles. The van der Waals surface area contributed by atoms with Gasteiger partial charge in [0, 0.05) is 43.4 Å². The SMILES string of the molecule is C=CCOC12Oc3ccc(OCc4cccc(C)n4)cc3C3C(CCCCO)C(CCCCO)C=C(C(=NOC)CC1N(CCC)C(=O)OC)C32. The van der Waals surface area contributed by atoms with E-state index in [0.29, 0.717) is 50.3 Å². The lowest BCUT2D eigenvalue weighted by Crippen LogP contribution is -2.70. The monoisotopic (exact) mass is 705 g/mol. The number of hydrogen-bond donors (Lipinski definition) is 2. The van der Waals surface area contributed by atoms with Crippen LogP contribution in [0.5, 0.6) is 11.5 Å². The van der Waals surface area contributed by atoms with Gasteiger partial charge in [-0.05, 0) is 86.8 Å². The molecular formula is C40H55N3O8. The van der Waals surface area contributed by atoms with Crippen LogP contribution >= 0.6 is 0 Å². The number of aryl methyl sites for hydroxylation is 1. The Morgan fingerprint density at radius 3 is 2.61 bits per heavy atom. The molecule has 1 fully saturated rings. The summed E-state index contributed by atoms with van der Waals surface area (Å²) in [6.45, 7) is 9.14. The zero-order chi connectivity index (χ0) is 36.4. The fourth-order valence-corrected chi connectivity index (χ4v) is 8.42. The molecule has 1 saturated carbocycles. The molecule has 2 N–H and O–H groups in total. The molecule has 1 aromatic heterocycles. The van der Waals surface area contributed by atoms with Crippen LogP contribution in [0, 0.1) is 24.7 Å². The summed E-state index contributed by atoms with van der Waals surface area (Å²) in [5, 5.41) is 24.1. The maximum Gasteiger partial charge on any atom is 0.409 e. The van der Waals surface area contributed by atoms with Gasteiger partial charge in [-0.3, -0.25) is 9.88 Å². The zero-order valence-corrected chi connectivity index (χ0v) is 30.6. The van der Waals surface area contributed by atoms with Crippen LogP contribution in [-0.4, -0.2) is 84.3 Å². The number of carbonyl (C=O) groups is 1. The van der Waals surface area contributed by atoms with Crippen LogP contribution < -0.4 is 9.47 Å². The number of rotatable bonds is 18. The predicted octanol–water partition coefficient (Wildman–Crippen LogP) is 6.71. The van der Waals surface area contributed by atoms with E-state index >= 15 is 0 Å². The Bertz CT molecular complexity index is 1550. The number of methoxy groups -OCH3 is 1. The molecule has 0 saturated heterocycles.